The summed E-state index contributed by atoms with van der Waals surface area (Å²) in [5, 5.41) is 10.1. The van der Waals surface area contributed by atoms with E-state index in [0.29, 0.717) is 6.10 Å². The van der Waals surface area contributed by atoms with Crippen molar-refractivity contribution < 1.29 is 14.6 Å². The summed E-state index contributed by atoms with van der Waals surface area (Å²) in [4.78, 5) is 0. The summed E-state index contributed by atoms with van der Waals surface area (Å²) < 4.78 is 11.0. The van der Waals surface area contributed by atoms with Crippen LogP contribution in [0.3, 0.4) is 0 Å². The summed E-state index contributed by atoms with van der Waals surface area (Å²) >= 11 is 0. The van der Waals surface area contributed by atoms with Gasteiger partial charge in [0.05, 0.1) is 18.3 Å². The lowest BCUT2D eigenvalue weighted by Crippen LogP contribution is -2.39. The minimum Gasteiger partial charge on any atom is -0.390 e. The van der Waals surface area contributed by atoms with Gasteiger partial charge in [-0.3, -0.25) is 0 Å². The molecule has 0 spiro atoms. The second kappa shape index (κ2) is 5.99. The number of rotatable bonds is 5. The van der Waals surface area contributed by atoms with E-state index in [2.05, 4.69) is 20.8 Å². The molecule has 0 bridgehead atoms. The van der Waals surface area contributed by atoms with E-state index in [1.54, 1.807) is 7.11 Å². The third kappa shape index (κ3) is 4.04. The Labute approximate surface area is 99.1 Å². The van der Waals surface area contributed by atoms with Crippen LogP contribution in [0.2, 0.25) is 0 Å². The van der Waals surface area contributed by atoms with Gasteiger partial charge in [-0.25, -0.2) is 0 Å². The van der Waals surface area contributed by atoms with Crippen LogP contribution in [0, 0.1) is 5.41 Å². The molecule has 0 saturated carbocycles. The minimum atomic E-state index is -0.394. The Morgan fingerprint density at radius 1 is 1.44 bits per heavy atom. The fourth-order valence-corrected chi connectivity index (χ4v) is 2.47. The topological polar surface area (TPSA) is 38.7 Å². The van der Waals surface area contributed by atoms with Crippen molar-refractivity contribution in [2.24, 2.45) is 5.41 Å². The molecule has 1 aliphatic heterocycles. The molecule has 0 radical (unpaired) electrons. The SMILES string of the molecule is COC(C(O)CCC1CCCO1)C(C)(C)C. The number of ether oxygens (including phenoxy) is 2. The van der Waals surface area contributed by atoms with Crippen LogP contribution in [0.15, 0.2) is 0 Å². The van der Waals surface area contributed by atoms with Crippen LogP contribution < -0.4 is 0 Å². The predicted octanol–water partition coefficient (Wildman–Crippen LogP) is 2.37. The largest absolute Gasteiger partial charge is 0.390 e. The third-order valence-corrected chi connectivity index (χ3v) is 3.27. The average Bonchev–Trinajstić information content (AvgIpc) is 2.65. The van der Waals surface area contributed by atoms with Crippen LogP contribution in [0.5, 0.6) is 0 Å². The van der Waals surface area contributed by atoms with Crippen molar-refractivity contribution in [2.75, 3.05) is 13.7 Å². The smallest absolute Gasteiger partial charge is 0.0878 e. The van der Waals surface area contributed by atoms with Crippen LogP contribution in [0.25, 0.3) is 0 Å². The lowest BCUT2D eigenvalue weighted by Gasteiger charge is -2.33. The standard InChI is InChI=1S/C13H26O3/c1-13(2,3)12(15-4)11(14)8-7-10-6-5-9-16-10/h10-12,14H,5-9H2,1-4H3. The van der Waals surface area contributed by atoms with Crippen LogP contribution in [0.1, 0.15) is 46.5 Å². The second-order valence-electron chi connectivity index (χ2n) is 5.80. The van der Waals surface area contributed by atoms with Crippen LogP contribution in [0.4, 0.5) is 0 Å². The van der Waals surface area contributed by atoms with Crippen LogP contribution in [-0.4, -0.2) is 37.1 Å². The van der Waals surface area contributed by atoms with Gasteiger partial charge in [0.15, 0.2) is 0 Å². The first-order valence-corrected chi connectivity index (χ1v) is 6.27. The van der Waals surface area contributed by atoms with E-state index < -0.39 is 6.10 Å². The first-order chi connectivity index (χ1) is 7.45. The molecule has 1 saturated heterocycles. The molecular weight excluding hydrogens is 204 g/mol. The molecule has 3 nitrogen and oxygen atoms in total. The van der Waals surface area contributed by atoms with E-state index in [1.165, 1.54) is 0 Å². The van der Waals surface area contributed by atoms with Gasteiger partial charge < -0.3 is 14.6 Å². The molecule has 0 amide bonds. The zero-order chi connectivity index (χ0) is 12.2. The normalized spacial score (nSPS) is 25.7. The Kier molecular flexibility index (Phi) is 5.22. The summed E-state index contributed by atoms with van der Waals surface area (Å²) in [6.07, 6.45) is 3.86. The maximum atomic E-state index is 10.1. The molecule has 3 unspecified atom stereocenters. The Morgan fingerprint density at radius 3 is 2.56 bits per heavy atom. The molecule has 1 fully saturated rings. The summed E-state index contributed by atoms with van der Waals surface area (Å²) in [5.74, 6) is 0. The van der Waals surface area contributed by atoms with Crippen molar-refractivity contribution in [1.82, 2.24) is 0 Å². The van der Waals surface area contributed by atoms with Crippen LogP contribution in [-0.2, 0) is 9.47 Å². The number of aliphatic hydroxyl groups excluding tert-OH is 1. The summed E-state index contributed by atoms with van der Waals surface area (Å²) in [6.45, 7) is 7.16. The molecule has 1 rings (SSSR count). The van der Waals surface area contributed by atoms with Gasteiger partial charge in [-0.2, -0.15) is 0 Å². The van der Waals surface area contributed by atoms with Gasteiger partial charge in [-0.15, -0.1) is 0 Å². The Morgan fingerprint density at radius 2 is 2.12 bits per heavy atom. The highest BCUT2D eigenvalue weighted by Crippen LogP contribution is 2.27. The lowest BCUT2D eigenvalue weighted by molar-refractivity contribution is -0.0769. The van der Waals surface area contributed by atoms with Crippen molar-refractivity contribution in [1.29, 1.82) is 0 Å². The first kappa shape index (κ1) is 13.9. The Hall–Kier alpha value is -0.120. The van der Waals surface area contributed by atoms with Crippen molar-refractivity contribution in [3.63, 3.8) is 0 Å². The Balaban J connectivity index is 2.34. The highest BCUT2D eigenvalue weighted by molar-refractivity contribution is 4.82. The molecule has 3 atom stereocenters. The first-order valence-electron chi connectivity index (χ1n) is 6.27. The van der Waals surface area contributed by atoms with Gasteiger partial charge in [-0.05, 0) is 31.1 Å². The van der Waals surface area contributed by atoms with E-state index in [4.69, 9.17) is 9.47 Å². The number of aliphatic hydroxyl groups is 1. The quantitative estimate of drug-likeness (QED) is 0.788. The maximum Gasteiger partial charge on any atom is 0.0878 e. The number of hydrogen-bond donors (Lipinski definition) is 1. The minimum absolute atomic E-state index is 0.0231. The molecule has 1 heterocycles. The average molecular weight is 230 g/mol. The molecular formula is C13H26O3. The van der Waals surface area contributed by atoms with Gasteiger partial charge in [0.1, 0.15) is 0 Å². The van der Waals surface area contributed by atoms with Gasteiger partial charge in [0.2, 0.25) is 0 Å². The van der Waals surface area contributed by atoms with E-state index in [0.717, 1.165) is 32.3 Å². The van der Waals surface area contributed by atoms with Crippen LogP contribution >= 0.6 is 0 Å². The summed E-state index contributed by atoms with van der Waals surface area (Å²) in [7, 11) is 1.67. The molecule has 0 aromatic heterocycles. The van der Waals surface area contributed by atoms with Crippen molar-refractivity contribution in [2.45, 2.75) is 64.8 Å². The van der Waals surface area contributed by atoms with Crippen molar-refractivity contribution >= 4 is 0 Å². The molecule has 16 heavy (non-hydrogen) atoms. The highest BCUT2D eigenvalue weighted by atomic mass is 16.5. The monoisotopic (exact) mass is 230 g/mol. The lowest BCUT2D eigenvalue weighted by atomic mass is 9.84. The van der Waals surface area contributed by atoms with Gasteiger partial charge >= 0.3 is 0 Å². The highest BCUT2D eigenvalue weighted by Gasteiger charge is 2.31. The second-order valence-corrected chi connectivity index (χ2v) is 5.80. The molecule has 1 N–H and O–H groups in total. The van der Waals surface area contributed by atoms with E-state index in [9.17, 15) is 5.11 Å². The molecule has 1 aliphatic rings. The van der Waals surface area contributed by atoms with Crippen molar-refractivity contribution in [3.05, 3.63) is 0 Å². The molecule has 0 aliphatic carbocycles. The fraction of sp³-hybridized carbons (Fsp3) is 1.00. The molecule has 0 aromatic carbocycles. The zero-order valence-electron chi connectivity index (χ0n) is 11.0. The number of hydrogen-bond acceptors (Lipinski definition) is 3. The van der Waals surface area contributed by atoms with E-state index in [-0.39, 0.29) is 11.5 Å². The molecule has 96 valence electrons. The van der Waals surface area contributed by atoms with E-state index in [1.807, 2.05) is 0 Å². The van der Waals surface area contributed by atoms with Gasteiger partial charge in [-0.1, -0.05) is 20.8 Å². The summed E-state index contributed by atoms with van der Waals surface area (Å²) in [6, 6.07) is 0. The van der Waals surface area contributed by atoms with E-state index >= 15 is 0 Å². The van der Waals surface area contributed by atoms with Crippen molar-refractivity contribution in [3.8, 4) is 0 Å². The van der Waals surface area contributed by atoms with Gasteiger partial charge in [0, 0.05) is 13.7 Å². The summed E-state index contributed by atoms with van der Waals surface area (Å²) in [5.41, 5.74) is -0.0231. The molecule has 0 aromatic rings. The molecule has 3 heteroatoms. The zero-order valence-corrected chi connectivity index (χ0v) is 11.0. The fourth-order valence-electron chi connectivity index (χ4n) is 2.47. The van der Waals surface area contributed by atoms with Gasteiger partial charge in [0.25, 0.3) is 0 Å². The third-order valence-electron chi connectivity index (χ3n) is 3.27. The number of methoxy groups -OCH3 is 1. The predicted molar refractivity (Wildman–Crippen MR) is 64.5 cm³/mol. The maximum absolute atomic E-state index is 10.1. The Bertz CT molecular complexity index is 192.